The van der Waals surface area contributed by atoms with Gasteiger partial charge in [0.25, 0.3) is 5.91 Å². The minimum absolute atomic E-state index is 0.0236. The Hall–Kier alpha value is -4.97. The Labute approximate surface area is 227 Å². The molecule has 194 valence electrons. The van der Waals surface area contributed by atoms with E-state index in [-0.39, 0.29) is 31.3 Å². The highest BCUT2D eigenvalue weighted by atomic mass is 16.5. The van der Waals surface area contributed by atoms with E-state index in [9.17, 15) is 9.59 Å². The van der Waals surface area contributed by atoms with Crippen LogP contribution in [0.2, 0.25) is 0 Å². The maximum absolute atomic E-state index is 12.9. The van der Waals surface area contributed by atoms with Gasteiger partial charge < -0.3 is 14.8 Å². The third-order valence-corrected chi connectivity index (χ3v) is 6.20. The van der Waals surface area contributed by atoms with E-state index in [0.29, 0.717) is 17.2 Å². The Bertz CT molecular complexity index is 1540. The van der Waals surface area contributed by atoms with Crippen molar-refractivity contribution in [3.05, 3.63) is 138 Å². The van der Waals surface area contributed by atoms with E-state index in [0.717, 1.165) is 22.0 Å². The molecule has 5 aromatic rings. The lowest BCUT2D eigenvalue weighted by Crippen LogP contribution is -2.33. The number of Topliss-reactive ketones (excluding diaryl/α,β-unsaturated/α-hetero) is 1. The zero-order valence-corrected chi connectivity index (χ0v) is 21.3. The summed E-state index contributed by atoms with van der Waals surface area (Å²) in [7, 11) is 0. The van der Waals surface area contributed by atoms with Gasteiger partial charge in [-0.25, -0.2) is 4.98 Å². The maximum Gasteiger partial charge on any atom is 0.258 e. The molecule has 1 aromatic heterocycles. The Balaban J connectivity index is 1.36. The first-order valence-electron chi connectivity index (χ1n) is 12.8. The predicted molar refractivity (Wildman–Crippen MR) is 151 cm³/mol. The van der Waals surface area contributed by atoms with Crippen LogP contribution in [0.5, 0.6) is 11.5 Å². The van der Waals surface area contributed by atoms with Crippen LogP contribution in [-0.4, -0.2) is 29.9 Å². The third kappa shape index (κ3) is 6.87. The number of fused-ring (bicyclic) bond motifs is 1. The Morgan fingerprint density at radius 3 is 1.95 bits per heavy atom. The molecule has 0 aliphatic heterocycles. The van der Waals surface area contributed by atoms with E-state index in [2.05, 4.69) is 5.32 Å². The van der Waals surface area contributed by atoms with E-state index >= 15 is 0 Å². The number of amides is 1. The van der Waals surface area contributed by atoms with Gasteiger partial charge in [0.1, 0.15) is 18.1 Å². The number of nitrogens with zero attached hydrogens (tertiary/aromatic N) is 1. The molecule has 0 spiro atoms. The van der Waals surface area contributed by atoms with Crippen LogP contribution in [0.1, 0.15) is 22.9 Å². The lowest BCUT2D eigenvalue weighted by Gasteiger charge is -2.20. The number of aromatic nitrogens is 1. The topological polar surface area (TPSA) is 77.5 Å². The molecule has 1 amide bonds. The average Bonchev–Trinajstić information content (AvgIpc) is 2.99. The molecule has 0 aliphatic rings. The number of benzene rings is 4. The van der Waals surface area contributed by atoms with Crippen molar-refractivity contribution in [1.82, 2.24) is 10.3 Å². The number of hydrogen-bond acceptors (Lipinski definition) is 5. The fraction of sp³-hybridized carbons (Fsp3) is 0.121. The summed E-state index contributed by atoms with van der Waals surface area (Å²) in [6.07, 6.45) is 0.188. The van der Waals surface area contributed by atoms with Gasteiger partial charge in [0.05, 0.1) is 17.3 Å². The number of carbonyl (C=O) groups excluding carboxylic acids is 2. The standard InChI is InChI=1S/C33H28N2O4/c36-27(22-38-28-15-6-2-7-16-28)21-26-14-10-13-25-19-20-30(34-32(25)26)33(24-11-4-1-5-12-24)35-31(37)23-39-29-17-8-3-9-18-29/h1-20,33H,21-23H2,(H,35,37). The predicted octanol–water partition coefficient (Wildman–Crippen LogP) is 5.71. The fourth-order valence-electron chi connectivity index (χ4n) is 4.31. The van der Waals surface area contributed by atoms with E-state index < -0.39 is 6.04 Å². The van der Waals surface area contributed by atoms with Gasteiger partial charge in [0.15, 0.2) is 12.4 Å². The van der Waals surface area contributed by atoms with Crippen LogP contribution in [0.25, 0.3) is 10.9 Å². The van der Waals surface area contributed by atoms with Gasteiger partial charge in [-0.2, -0.15) is 0 Å². The van der Waals surface area contributed by atoms with Gasteiger partial charge in [-0.1, -0.05) is 91.0 Å². The second kappa shape index (κ2) is 12.5. The average molecular weight is 517 g/mol. The summed E-state index contributed by atoms with van der Waals surface area (Å²) in [6.45, 7) is -0.147. The smallest absolute Gasteiger partial charge is 0.258 e. The Morgan fingerprint density at radius 1 is 0.667 bits per heavy atom. The second-order valence-electron chi connectivity index (χ2n) is 9.06. The second-order valence-corrected chi connectivity index (χ2v) is 9.06. The van der Waals surface area contributed by atoms with Crippen LogP contribution in [0.4, 0.5) is 0 Å². The van der Waals surface area contributed by atoms with Crippen molar-refractivity contribution in [3.63, 3.8) is 0 Å². The van der Waals surface area contributed by atoms with Gasteiger partial charge in [-0.05, 0) is 41.5 Å². The number of carbonyl (C=O) groups is 2. The summed E-state index contributed by atoms with van der Waals surface area (Å²) >= 11 is 0. The molecular formula is C33H28N2O4. The quantitative estimate of drug-likeness (QED) is 0.243. The summed E-state index contributed by atoms with van der Waals surface area (Å²) in [6, 6.07) is 37.3. The fourth-order valence-corrected chi connectivity index (χ4v) is 4.31. The molecule has 39 heavy (non-hydrogen) atoms. The van der Waals surface area contributed by atoms with Gasteiger partial charge in [-0.3, -0.25) is 9.59 Å². The molecule has 0 bridgehead atoms. The van der Waals surface area contributed by atoms with Crippen LogP contribution >= 0.6 is 0 Å². The Kier molecular flexibility index (Phi) is 8.24. The highest BCUT2D eigenvalue weighted by Crippen LogP contribution is 2.25. The summed E-state index contributed by atoms with van der Waals surface area (Å²) in [5.74, 6) is 0.959. The minimum Gasteiger partial charge on any atom is -0.486 e. The monoisotopic (exact) mass is 516 g/mol. The number of ketones is 1. The molecule has 6 nitrogen and oxygen atoms in total. The van der Waals surface area contributed by atoms with Crippen LogP contribution in [-0.2, 0) is 16.0 Å². The largest absolute Gasteiger partial charge is 0.486 e. The molecule has 0 fully saturated rings. The molecule has 5 rings (SSSR count). The zero-order valence-electron chi connectivity index (χ0n) is 21.3. The molecule has 0 saturated heterocycles. The van der Waals surface area contributed by atoms with Crippen LogP contribution in [0.3, 0.4) is 0 Å². The first-order chi connectivity index (χ1) is 19.2. The number of ether oxygens (including phenoxy) is 2. The maximum atomic E-state index is 12.9. The molecule has 0 radical (unpaired) electrons. The molecule has 1 N–H and O–H groups in total. The molecule has 1 unspecified atom stereocenters. The van der Waals surface area contributed by atoms with Gasteiger partial charge >= 0.3 is 0 Å². The summed E-state index contributed by atoms with van der Waals surface area (Å²) < 4.78 is 11.3. The SMILES string of the molecule is O=C(COc1ccccc1)Cc1cccc2ccc(C(NC(=O)COc3ccccc3)c3ccccc3)nc12. The van der Waals surface area contributed by atoms with Gasteiger partial charge in [-0.15, -0.1) is 0 Å². The number of pyridine rings is 1. The lowest BCUT2D eigenvalue weighted by molar-refractivity contribution is -0.123. The van der Waals surface area contributed by atoms with Crippen molar-refractivity contribution >= 4 is 22.6 Å². The van der Waals surface area contributed by atoms with Crippen molar-refractivity contribution < 1.29 is 19.1 Å². The summed E-state index contributed by atoms with van der Waals surface area (Å²) in [5, 5.41) is 3.99. The van der Waals surface area contributed by atoms with Crippen molar-refractivity contribution in [2.75, 3.05) is 13.2 Å². The molecule has 4 aromatic carbocycles. The molecule has 1 atom stereocenters. The Morgan fingerprint density at radius 2 is 1.28 bits per heavy atom. The van der Waals surface area contributed by atoms with Crippen molar-refractivity contribution in [2.24, 2.45) is 0 Å². The van der Waals surface area contributed by atoms with Gasteiger partial charge in [0.2, 0.25) is 0 Å². The van der Waals surface area contributed by atoms with Crippen LogP contribution < -0.4 is 14.8 Å². The summed E-state index contributed by atoms with van der Waals surface area (Å²) in [5.41, 5.74) is 3.09. The molecular weight excluding hydrogens is 488 g/mol. The van der Waals surface area contributed by atoms with E-state index in [1.165, 1.54) is 0 Å². The number of rotatable bonds is 11. The minimum atomic E-state index is -0.493. The van der Waals surface area contributed by atoms with Crippen molar-refractivity contribution in [3.8, 4) is 11.5 Å². The van der Waals surface area contributed by atoms with E-state index in [4.69, 9.17) is 14.5 Å². The molecule has 1 heterocycles. The third-order valence-electron chi connectivity index (χ3n) is 6.20. The number of nitrogens with one attached hydrogen (secondary N) is 1. The van der Waals surface area contributed by atoms with E-state index in [1.807, 2.05) is 109 Å². The van der Waals surface area contributed by atoms with Crippen molar-refractivity contribution in [2.45, 2.75) is 12.5 Å². The number of hydrogen-bond donors (Lipinski definition) is 1. The van der Waals surface area contributed by atoms with Gasteiger partial charge in [0, 0.05) is 11.8 Å². The number of para-hydroxylation sites is 3. The molecule has 0 saturated carbocycles. The first kappa shape index (κ1) is 25.7. The normalized spacial score (nSPS) is 11.5. The van der Waals surface area contributed by atoms with Crippen LogP contribution in [0.15, 0.2) is 121 Å². The zero-order chi connectivity index (χ0) is 26.9. The highest BCUT2D eigenvalue weighted by molar-refractivity contribution is 5.89. The lowest BCUT2D eigenvalue weighted by atomic mass is 10.00. The van der Waals surface area contributed by atoms with E-state index in [1.54, 1.807) is 12.1 Å². The molecule has 0 aliphatic carbocycles. The highest BCUT2D eigenvalue weighted by Gasteiger charge is 2.20. The molecule has 6 heteroatoms. The first-order valence-corrected chi connectivity index (χ1v) is 12.8. The van der Waals surface area contributed by atoms with Crippen molar-refractivity contribution in [1.29, 1.82) is 0 Å². The van der Waals surface area contributed by atoms with Crippen LogP contribution in [0, 0.1) is 0 Å². The summed E-state index contributed by atoms with van der Waals surface area (Å²) in [4.78, 5) is 30.6.